The zero-order chi connectivity index (χ0) is 12.3. The molecule has 0 N–H and O–H groups in total. The lowest BCUT2D eigenvalue weighted by Gasteiger charge is -2.09. The molecule has 0 aliphatic rings. The van der Waals surface area contributed by atoms with E-state index in [1.54, 1.807) is 0 Å². The van der Waals surface area contributed by atoms with E-state index < -0.39 is 0 Å². The predicted octanol–water partition coefficient (Wildman–Crippen LogP) is 3.80. The minimum absolute atomic E-state index is 0.595. The van der Waals surface area contributed by atoms with Gasteiger partial charge in [0.05, 0.1) is 10.6 Å². The van der Waals surface area contributed by atoms with Crippen molar-refractivity contribution in [1.82, 2.24) is 4.57 Å². The monoisotopic (exact) mass is 263 g/mol. The molecule has 2 aromatic rings. The van der Waals surface area contributed by atoms with Crippen LogP contribution in [-0.2, 0) is 6.54 Å². The number of rotatable bonds is 4. The number of nitrogens with zero attached hydrogens (tertiary/aromatic N) is 1. The fourth-order valence-corrected chi connectivity index (χ4v) is 2.26. The lowest BCUT2D eigenvalue weighted by Crippen LogP contribution is -2.09. The van der Waals surface area contributed by atoms with Crippen LogP contribution in [-0.4, -0.2) is 15.3 Å². The molecule has 0 amide bonds. The minimum atomic E-state index is 0.595. The van der Waals surface area contributed by atoms with Crippen molar-refractivity contribution in [3.63, 3.8) is 0 Å². The van der Waals surface area contributed by atoms with Crippen LogP contribution in [0.1, 0.15) is 16.8 Å². The van der Waals surface area contributed by atoms with E-state index in [0.717, 1.165) is 22.7 Å². The Labute approximate surface area is 112 Å². The predicted molar refractivity (Wildman–Crippen MR) is 77.1 cm³/mol. The smallest absolute Gasteiger partial charge is 0.0686 e. The highest BCUT2D eigenvalue weighted by atomic mass is 35.5. The molecule has 0 aliphatic heterocycles. The molecule has 1 aromatic heterocycles. The molecular weight excluding hydrogens is 250 g/mol. The van der Waals surface area contributed by atoms with Crippen LogP contribution in [0, 0.1) is 6.92 Å². The van der Waals surface area contributed by atoms with E-state index in [-0.39, 0.29) is 0 Å². The van der Waals surface area contributed by atoms with Crippen molar-refractivity contribution in [2.45, 2.75) is 13.5 Å². The number of hydrogen-bond acceptors (Lipinski definition) is 1. The summed E-state index contributed by atoms with van der Waals surface area (Å²) in [6.45, 7) is 2.86. The number of benzene rings is 1. The quantitative estimate of drug-likeness (QED) is 0.461. The summed E-state index contributed by atoms with van der Waals surface area (Å²) in [5.41, 5.74) is 3.39. The third-order valence-electron chi connectivity index (χ3n) is 2.70. The topological polar surface area (TPSA) is 4.93 Å². The lowest BCUT2D eigenvalue weighted by atomic mass is 10.1. The minimum Gasteiger partial charge on any atom is -0.346 e. The molecule has 0 aliphatic carbocycles. The Bertz CT molecular complexity index is 513. The third-order valence-corrected chi connectivity index (χ3v) is 3.32. The highest BCUT2D eigenvalue weighted by Crippen LogP contribution is 2.13. The summed E-state index contributed by atoms with van der Waals surface area (Å²) in [6.07, 6.45) is 2.01. The van der Waals surface area contributed by atoms with Crippen LogP contribution in [0.5, 0.6) is 0 Å². The van der Waals surface area contributed by atoms with Gasteiger partial charge in [-0.25, -0.2) is 0 Å². The largest absolute Gasteiger partial charge is 0.346 e. The Hall–Kier alpha value is -1.12. The van der Waals surface area contributed by atoms with Gasteiger partial charge < -0.3 is 4.57 Å². The first-order chi connectivity index (χ1) is 8.22. The molecule has 0 saturated carbocycles. The summed E-state index contributed by atoms with van der Waals surface area (Å²) >= 11 is 11.3. The zero-order valence-electron chi connectivity index (χ0n) is 9.69. The first-order valence-electron chi connectivity index (χ1n) is 5.55. The number of thiocarbonyl (C=S) groups is 1. The fourth-order valence-electron chi connectivity index (χ4n) is 1.76. The van der Waals surface area contributed by atoms with E-state index in [9.17, 15) is 0 Å². The Morgan fingerprint density at radius 2 is 1.94 bits per heavy atom. The van der Waals surface area contributed by atoms with Crippen LogP contribution < -0.4 is 0 Å². The van der Waals surface area contributed by atoms with Crippen LogP contribution in [0.3, 0.4) is 0 Å². The van der Waals surface area contributed by atoms with Crippen molar-refractivity contribution < 1.29 is 0 Å². The van der Waals surface area contributed by atoms with E-state index in [0.29, 0.717) is 5.88 Å². The average molecular weight is 264 g/mol. The van der Waals surface area contributed by atoms with E-state index in [4.69, 9.17) is 23.8 Å². The van der Waals surface area contributed by atoms with Gasteiger partial charge in [0, 0.05) is 18.6 Å². The van der Waals surface area contributed by atoms with Crippen LogP contribution in [0.15, 0.2) is 42.6 Å². The maximum absolute atomic E-state index is 5.77. The number of aryl methyl sites for hydroxylation is 2. The molecule has 1 nitrogen and oxygen atoms in total. The average Bonchev–Trinajstić information content (AvgIpc) is 2.78. The molecule has 1 heterocycles. The molecule has 0 bridgehead atoms. The van der Waals surface area contributed by atoms with Crippen LogP contribution >= 0.6 is 23.8 Å². The second-order valence-corrected chi connectivity index (χ2v) is 4.76. The molecule has 0 atom stereocenters. The molecule has 0 radical (unpaired) electrons. The molecule has 17 heavy (non-hydrogen) atoms. The molecule has 0 spiro atoms. The van der Waals surface area contributed by atoms with E-state index in [2.05, 4.69) is 35.8 Å². The van der Waals surface area contributed by atoms with Gasteiger partial charge in [0.25, 0.3) is 0 Å². The zero-order valence-corrected chi connectivity index (χ0v) is 11.3. The van der Waals surface area contributed by atoms with Crippen molar-refractivity contribution in [3.05, 3.63) is 59.4 Å². The first-order valence-corrected chi connectivity index (χ1v) is 6.49. The van der Waals surface area contributed by atoms with Crippen LogP contribution in [0.25, 0.3) is 0 Å². The molecule has 0 saturated heterocycles. The first kappa shape index (κ1) is 12.3. The number of halogens is 1. The fraction of sp³-hybridized carbons (Fsp3) is 0.214. The van der Waals surface area contributed by atoms with Crippen molar-refractivity contribution in [2.75, 3.05) is 5.88 Å². The van der Waals surface area contributed by atoms with Crippen molar-refractivity contribution in [3.8, 4) is 0 Å². The Kier molecular flexibility index (Phi) is 3.97. The van der Waals surface area contributed by atoms with Crippen molar-refractivity contribution in [1.29, 1.82) is 0 Å². The Morgan fingerprint density at radius 3 is 2.59 bits per heavy atom. The summed E-state index contributed by atoms with van der Waals surface area (Å²) in [5.74, 6) is 0.595. The molecule has 2 rings (SSSR count). The van der Waals surface area contributed by atoms with Gasteiger partial charge in [-0.15, -0.1) is 11.6 Å². The number of hydrogen-bond donors (Lipinski definition) is 0. The van der Waals surface area contributed by atoms with E-state index in [1.165, 1.54) is 5.56 Å². The summed E-state index contributed by atoms with van der Waals surface area (Å²) in [4.78, 5) is 0.875. The van der Waals surface area contributed by atoms with E-state index >= 15 is 0 Å². The summed E-state index contributed by atoms with van der Waals surface area (Å²) in [6, 6.07) is 12.3. The van der Waals surface area contributed by atoms with Gasteiger partial charge in [0.1, 0.15) is 0 Å². The van der Waals surface area contributed by atoms with E-state index in [1.807, 2.05) is 18.3 Å². The summed E-state index contributed by atoms with van der Waals surface area (Å²) in [7, 11) is 0. The molecule has 1 aromatic carbocycles. The molecule has 0 fully saturated rings. The normalized spacial score (nSPS) is 10.5. The van der Waals surface area contributed by atoms with Gasteiger partial charge in [-0.05, 0) is 24.6 Å². The number of aromatic nitrogens is 1. The van der Waals surface area contributed by atoms with Gasteiger partial charge in [0.2, 0.25) is 0 Å². The summed E-state index contributed by atoms with van der Waals surface area (Å²) < 4.78 is 2.09. The third kappa shape index (κ3) is 2.76. The standard InChI is InChI=1S/C14H14ClNS/c1-11-4-6-12(7-5-11)14(17)13-3-2-9-16(13)10-8-15/h2-7,9H,8,10H2,1H3. The Morgan fingerprint density at radius 1 is 1.24 bits per heavy atom. The Balaban J connectivity index is 2.30. The van der Waals surface area contributed by atoms with Crippen molar-refractivity contribution in [2.24, 2.45) is 0 Å². The molecule has 0 unspecified atom stereocenters. The molecular formula is C14H14ClNS. The number of alkyl halides is 1. The molecule has 3 heteroatoms. The highest BCUT2D eigenvalue weighted by molar-refractivity contribution is 7.81. The van der Waals surface area contributed by atoms with Gasteiger partial charge in [-0.3, -0.25) is 0 Å². The second-order valence-electron chi connectivity index (χ2n) is 3.97. The van der Waals surface area contributed by atoms with Gasteiger partial charge in [0.15, 0.2) is 0 Å². The van der Waals surface area contributed by atoms with Gasteiger partial charge in [-0.2, -0.15) is 0 Å². The van der Waals surface area contributed by atoms with Gasteiger partial charge >= 0.3 is 0 Å². The van der Waals surface area contributed by atoms with Gasteiger partial charge in [-0.1, -0.05) is 42.0 Å². The van der Waals surface area contributed by atoms with Crippen LogP contribution in [0.2, 0.25) is 0 Å². The van der Waals surface area contributed by atoms with Crippen molar-refractivity contribution >= 4 is 28.7 Å². The summed E-state index contributed by atoms with van der Waals surface area (Å²) in [5, 5.41) is 0. The lowest BCUT2D eigenvalue weighted by molar-refractivity contribution is 0.769. The maximum atomic E-state index is 5.77. The van der Waals surface area contributed by atoms with Crippen LogP contribution in [0.4, 0.5) is 0 Å². The SMILES string of the molecule is Cc1ccc(C(=S)c2cccn2CCCl)cc1. The maximum Gasteiger partial charge on any atom is 0.0686 e. The molecule has 88 valence electrons. The second kappa shape index (κ2) is 5.48. The highest BCUT2D eigenvalue weighted by Gasteiger charge is 2.08.